The van der Waals surface area contributed by atoms with Gasteiger partial charge in [0.2, 0.25) is 5.91 Å². The van der Waals surface area contributed by atoms with Crippen LogP contribution in [0, 0.1) is 5.82 Å². The van der Waals surface area contributed by atoms with Gasteiger partial charge in [-0.2, -0.15) is 0 Å². The third-order valence-electron chi connectivity index (χ3n) is 4.50. The third kappa shape index (κ3) is 5.25. The van der Waals surface area contributed by atoms with Crippen molar-refractivity contribution in [3.8, 4) is 5.69 Å². The highest BCUT2D eigenvalue weighted by molar-refractivity contribution is 7.99. The SMILES string of the molecule is O=C(CSc1nccn1-c1ccc(C(=O)NCc2ccco2)cc1)Nc1ccccc1F. The van der Waals surface area contributed by atoms with Gasteiger partial charge >= 0.3 is 0 Å². The number of rotatable bonds is 8. The van der Waals surface area contributed by atoms with Crippen LogP contribution in [0.1, 0.15) is 16.1 Å². The predicted molar refractivity (Wildman–Crippen MR) is 119 cm³/mol. The second-order valence-electron chi connectivity index (χ2n) is 6.71. The Morgan fingerprint density at radius 1 is 1.06 bits per heavy atom. The summed E-state index contributed by atoms with van der Waals surface area (Å²) in [4.78, 5) is 28.8. The molecule has 0 radical (unpaired) electrons. The van der Waals surface area contributed by atoms with Crippen LogP contribution in [0.2, 0.25) is 0 Å². The van der Waals surface area contributed by atoms with Gasteiger partial charge < -0.3 is 15.1 Å². The highest BCUT2D eigenvalue weighted by Gasteiger charge is 2.12. The molecule has 2 aromatic carbocycles. The van der Waals surface area contributed by atoms with Crippen molar-refractivity contribution in [3.63, 3.8) is 0 Å². The number of nitrogens with one attached hydrogen (secondary N) is 2. The van der Waals surface area contributed by atoms with Crippen molar-refractivity contribution in [1.82, 2.24) is 14.9 Å². The number of hydrogen-bond donors (Lipinski definition) is 2. The fourth-order valence-electron chi connectivity index (χ4n) is 2.93. The molecular formula is C23H19FN4O3S. The Morgan fingerprint density at radius 3 is 2.62 bits per heavy atom. The molecule has 0 atom stereocenters. The van der Waals surface area contributed by atoms with Gasteiger partial charge in [-0.3, -0.25) is 14.2 Å². The molecule has 162 valence electrons. The van der Waals surface area contributed by atoms with Gasteiger partial charge in [0.25, 0.3) is 5.91 Å². The number of halogens is 1. The van der Waals surface area contributed by atoms with Crippen molar-refractivity contribution >= 4 is 29.3 Å². The van der Waals surface area contributed by atoms with Crippen LogP contribution in [0.5, 0.6) is 0 Å². The van der Waals surface area contributed by atoms with Gasteiger partial charge in [0.1, 0.15) is 11.6 Å². The summed E-state index contributed by atoms with van der Waals surface area (Å²) in [5.41, 5.74) is 1.45. The molecule has 4 aromatic rings. The lowest BCUT2D eigenvalue weighted by atomic mass is 10.2. The lowest BCUT2D eigenvalue weighted by Gasteiger charge is -2.09. The monoisotopic (exact) mass is 450 g/mol. The van der Waals surface area contributed by atoms with Crippen LogP contribution < -0.4 is 10.6 Å². The van der Waals surface area contributed by atoms with Gasteiger partial charge in [-0.1, -0.05) is 23.9 Å². The maximum atomic E-state index is 13.7. The van der Waals surface area contributed by atoms with Crippen LogP contribution >= 0.6 is 11.8 Å². The first-order valence-corrected chi connectivity index (χ1v) is 10.7. The number of carbonyl (C=O) groups is 2. The maximum Gasteiger partial charge on any atom is 0.251 e. The number of anilines is 1. The number of aromatic nitrogens is 2. The highest BCUT2D eigenvalue weighted by Crippen LogP contribution is 2.21. The molecule has 0 aliphatic rings. The smallest absolute Gasteiger partial charge is 0.251 e. The molecule has 0 fully saturated rings. The van der Waals surface area contributed by atoms with Crippen molar-refractivity contribution in [3.05, 3.63) is 96.5 Å². The predicted octanol–water partition coefficient (Wildman–Crippen LogP) is 4.27. The first-order chi connectivity index (χ1) is 15.6. The normalized spacial score (nSPS) is 10.7. The van der Waals surface area contributed by atoms with E-state index in [0.717, 1.165) is 5.69 Å². The van der Waals surface area contributed by atoms with Crippen molar-refractivity contribution in [2.75, 3.05) is 11.1 Å². The van der Waals surface area contributed by atoms with E-state index < -0.39 is 5.82 Å². The van der Waals surface area contributed by atoms with E-state index in [1.165, 1.54) is 23.9 Å². The molecule has 2 N–H and O–H groups in total. The summed E-state index contributed by atoms with van der Waals surface area (Å²) in [6.07, 6.45) is 4.95. The van der Waals surface area contributed by atoms with Crippen molar-refractivity contribution < 1.29 is 18.4 Å². The third-order valence-corrected chi connectivity index (χ3v) is 5.46. The van der Waals surface area contributed by atoms with Crippen LogP contribution in [0.3, 0.4) is 0 Å². The van der Waals surface area contributed by atoms with Crippen LogP contribution in [0.4, 0.5) is 10.1 Å². The van der Waals surface area contributed by atoms with Crippen LogP contribution in [0.25, 0.3) is 5.69 Å². The first kappa shape index (κ1) is 21.4. The average Bonchev–Trinajstić information content (AvgIpc) is 3.50. The Bertz CT molecular complexity index is 1210. The van der Waals surface area contributed by atoms with E-state index in [1.807, 2.05) is 4.57 Å². The zero-order chi connectivity index (χ0) is 22.3. The molecule has 0 spiro atoms. The van der Waals surface area contributed by atoms with E-state index in [0.29, 0.717) is 23.0 Å². The Balaban J connectivity index is 1.36. The summed E-state index contributed by atoms with van der Waals surface area (Å²) in [7, 11) is 0. The zero-order valence-electron chi connectivity index (χ0n) is 16.8. The Labute approximate surface area is 187 Å². The molecule has 0 aliphatic carbocycles. The number of amides is 2. The van der Waals surface area contributed by atoms with Crippen molar-refractivity contribution in [2.24, 2.45) is 0 Å². The van der Waals surface area contributed by atoms with Crippen molar-refractivity contribution in [1.29, 1.82) is 0 Å². The fraction of sp³-hybridized carbons (Fsp3) is 0.0870. The molecule has 0 aliphatic heterocycles. The number of hydrogen-bond acceptors (Lipinski definition) is 5. The number of carbonyl (C=O) groups excluding carboxylic acids is 2. The summed E-state index contributed by atoms with van der Waals surface area (Å²) in [5.74, 6) is -0.288. The molecule has 9 heteroatoms. The zero-order valence-corrected chi connectivity index (χ0v) is 17.6. The van der Waals surface area contributed by atoms with Gasteiger partial charge in [0.15, 0.2) is 5.16 Å². The number of para-hydroxylation sites is 1. The lowest BCUT2D eigenvalue weighted by Crippen LogP contribution is -2.22. The standard InChI is InChI=1S/C23H19FN4O3S/c24-19-5-1-2-6-20(19)27-21(29)15-32-23-25-11-12-28(23)17-9-7-16(8-10-17)22(30)26-14-18-4-3-13-31-18/h1-13H,14-15H2,(H,26,30)(H,27,29). The molecule has 0 saturated carbocycles. The first-order valence-electron chi connectivity index (χ1n) is 9.72. The Morgan fingerprint density at radius 2 is 1.88 bits per heavy atom. The Hall–Kier alpha value is -3.85. The lowest BCUT2D eigenvalue weighted by molar-refractivity contribution is -0.113. The quantitative estimate of drug-likeness (QED) is 0.392. The van der Waals surface area contributed by atoms with Crippen LogP contribution in [-0.2, 0) is 11.3 Å². The van der Waals surface area contributed by atoms with Crippen LogP contribution in [-0.4, -0.2) is 27.1 Å². The number of nitrogens with zero attached hydrogens (tertiary/aromatic N) is 2. The molecule has 2 amide bonds. The molecule has 32 heavy (non-hydrogen) atoms. The number of furan rings is 1. The van der Waals surface area contributed by atoms with E-state index in [1.54, 1.807) is 67.2 Å². The van der Waals surface area contributed by atoms with Crippen molar-refractivity contribution in [2.45, 2.75) is 11.7 Å². The number of thioether (sulfide) groups is 1. The second kappa shape index (κ2) is 9.97. The van der Waals surface area contributed by atoms with E-state index in [2.05, 4.69) is 15.6 Å². The molecule has 2 aromatic heterocycles. The summed E-state index contributed by atoms with van der Waals surface area (Å²) < 4.78 is 20.7. The summed E-state index contributed by atoms with van der Waals surface area (Å²) in [6, 6.07) is 16.6. The van der Waals surface area contributed by atoms with Gasteiger partial charge in [0, 0.05) is 23.6 Å². The minimum absolute atomic E-state index is 0.0681. The highest BCUT2D eigenvalue weighted by atomic mass is 32.2. The second-order valence-corrected chi connectivity index (χ2v) is 7.65. The molecular weight excluding hydrogens is 431 g/mol. The minimum atomic E-state index is -0.486. The van der Waals surface area contributed by atoms with E-state index in [-0.39, 0.29) is 23.3 Å². The van der Waals surface area contributed by atoms with E-state index in [9.17, 15) is 14.0 Å². The molecule has 0 bridgehead atoms. The summed E-state index contributed by atoms with van der Waals surface area (Å²) >= 11 is 1.23. The Kier molecular flexibility index (Phi) is 6.66. The molecule has 7 nitrogen and oxygen atoms in total. The topological polar surface area (TPSA) is 89.2 Å². The summed E-state index contributed by atoms with van der Waals surface area (Å²) in [5, 5.41) is 5.95. The largest absolute Gasteiger partial charge is 0.467 e. The van der Waals surface area contributed by atoms with Gasteiger partial charge in [0.05, 0.1) is 24.2 Å². The number of benzene rings is 2. The average molecular weight is 450 g/mol. The minimum Gasteiger partial charge on any atom is -0.467 e. The molecule has 2 heterocycles. The van der Waals surface area contributed by atoms with Crippen LogP contribution in [0.15, 0.2) is 88.9 Å². The molecule has 4 rings (SSSR count). The van der Waals surface area contributed by atoms with E-state index in [4.69, 9.17) is 4.42 Å². The van der Waals surface area contributed by atoms with Gasteiger partial charge in [-0.05, 0) is 48.5 Å². The summed E-state index contributed by atoms with van der Waals surface area (Å²) in [6.45, 7) is 0.310. The van der Waals surface area contributed by atoms with Gasteiger partial charge in [-0.15, -0.1) is 0 Å². The van der Waals surface area contributed by atoms with E-state index >= 15 is 0 Å². The molecule has 0 saturated heterocycles. The van der Waals surface area contributed by atoms with Gasteiger partial charge in [-0.25, -0.2) is 9.37 Å². The molecule has 0 unspecified atom stereocenters. The maximum absolute atomic E-state index is 13.7. The fourth-order valence-corrected chi connectivity index (χ4v) is 3.70. The number of imidazole rings is 1.